The average Bonchev–Trinajstić information content (AvgIpc) is 3.68. The molecule has 2 heterocycles. The van der Waals surface area contributed by atoms with E-state index in [0.717, 1.165) is 23.1 Å². The van der Waals surface area contributed by atoms with E-state index in [1.807, 2.05) is 34.8 Å². The minimum Gasteiger partial charge on any atom is -0.457 e. The summed E-state index contributed by atoms with van der Waals surface area (Å²) < 4.78 is 26.3. The van der Waals surface area contributed by atoms with Crippen molar-refractivity contribution < 1.29 is 23.5 Å². The molecule has 1 aromatic heterocycles. The summed E-state index contributed by atoms with van der Waals surface area (Å²) in [5.41, 5.74) is 2.99. The topological polar surface area (TPSA) is 85.7 Å². The van der Waals surface area contributed by atoms with Crippen molar-refractivity contribution in [1.82, 2.24) is 20.0 Å². The molecule has 1 aliphatic heterocycles. The van der Waals surface area contributed by atoms with Gasteiger partial charge in [0, 0.05) is 61.4 Å². The van der Waals surface area contributed by atoms with Gasteiger partial charge in [0.25, 0.3) is 11.8 Å². The Hall–Kier alpha value is -4.24. The molecule has 1 saturated carbocycles. The summed E-state index contributed by atoms with van der Waals surface area (Å²) in [6, 6.07) is 16.5. The lowest BCUT2D eigenvalue weighted by Crippen LogP contribution is -2.51. The largest absolute Gasteiger partial charge is 0.457 e. The first-order valence-corrected chi connectivity index (χ1v) is 14.1. The fourth-order valence-corrected chi connectivity index (χ4v) is 5.09. The first-order valence-electron chi connectivity index (χ1n) is 14.1. The van der Waals surface area contributed by atoms with Gasteiger partial charge in [-0.05, 0) is 91.9 Å². The maximum Gasteiger partial charge on any atom is 0.253 e. The predicted octanol–water partition coefficient (Wildman–Crippen LogP) is 5.20. The minimum atomic E-state index is -0.323. The molecule has 212 valence electrons. The van der Waals surface area contributed by atoms with Gasteiger partial charge in [-0.25, -0.2) is 4.39 Å². The molecule has 2 fully saturated rings. The normalized spacial score (nSPS) is 15.1. The highest BCUT2D eigenvalue weighted by Gasteiger charge is 2.31. The lowest BCUT2D eigenvalue weighted by Gasteiger charge is -2.39. The van der Waals surface area contributed by atoms with Gasteiger partial charge in [-0.2, -0.15) is 5.10 Å². The quantitative estimate of drug-likeness (QED) is 0.257. The molecule has 1 N–H and O–H groups in total. The maximum atomic E-state index is 13.1. The van der Waals surface area contributed by atoms with E-state index >= 15 is 0 Å². The Bertz CT molecular complexity index is 1540. The van der Waals surface area contributed by atoms with E-state index in [1.54, 1.807) is 36.4 Å². The monoisotopic (exact) mass is 556 g/mol. The molecular weight excluding hydrogens is 523 g/mol. The third-order valence-corrected chi connectivity index (χ3v) is 7.67. The Morgan fingerprint density at radius 2 is 1.68 bits per heavy atom. The number of amides is 2. The average molecular weight is 557 g/mol. The van der Waals surface area contributed by atoms with Gasteiger partial charge in [0.1, 0.15) is 17.3 Å². The van der Waals surface area contributed by atoms with Gasteiger partial charge in [-0.15, -0.1) is 0 Å². The van der Waals surface area contributed by atoms with Gasteiger partial charge in [0.15, 0.2) is 0 Å². The molecule has 1 saturated heterocycles. The van der Waals surface area contributed by atoms with Gasteiger partial charge in [0.2, 0.25) is 0 Å². The number of nitrogens with one attached hydrogen (secondary N) is 1. The van der Waals surface area contributed by atoms with Crippen molar-refractivity contribution in [1.29, 1.82) is 0 Å². The lowest BCUT2D eigenvalue weighted by atomic mass is 9.99. The van der Waals surface area contributed by atoms with Crippen molar-refractivity contribution >= 4 is 22.7 Å². The second-order valence-corrected chi connectivity index (χ2v) is 11.0. The Morgan fingerprint density at radius 1 is 0.976 bits per heavy atom. The number of halogens is 1. The van der Waals surface area contributed by atoms with Crippen LogP contribution in [0, 0.1) is 24.6 Å². The summed E-state index contributed by atoms with van der Waals surface area (Å²) in [7, 11) is 0. The number of fused-ring (bicyclic) bond motifs is 1. The van der Waals surface area contributed by atoms with Gasteiger partial charge in [-0.3, -0.25) is 14.3 Å². The van der Waals surface area contributed by atoms with Crippen molar-refractivity contribution in [3.05, 3.63) is 89.4 Å². The number of aromatic nitrogens is 2. The van der Waals surface area contributed by atoms with Gasteiger partial charge in [0.05, 0.1) is 12.1 Å². The molecule has 0 unspecified atom stereocenters. The van der Waals surface area contributed by atoms with E-state index in [4.69, 9.17) is 14.6 Å². The molecule has 2 aliphatic rings. The highest BCUT2D eigenvalue weighted by molar-refractivity contribution is 6.00. The second-order valence-electron chi connectivity index (χ2n) is 11.0. The molecule has 3 aromatic carbocycles. The zero-order valence-electron chi connectivity index (χ0n) is 23.0. The SMILES string of the molecule is Cc1c(C(=O)NCCOCC2CC2)ccc2nn(CC3CN(C(=O)c4ccc(Oc5ccc(F)cc5)cc4)C3)cc12. The number of ether oxygens (including phenoxy) is 2. The zero-order valence-corrected chi connectivity index (χ0v) is 23.0. The van der Waals surface area contributed by atoms with Crippen LogP contribution in [0.25, 0.3) is 10.9 Å². The number of hydrogen-bond acceptors (Lipinski definition) is 5. The number of likely N-dealkylation sites (tertiary alicyclic amines) is 1. The van der Waals surface area contributed by atoms with Crippen LogP contribution in [0.5, 0.6) is 11.5 Å². The highest BCUT2D eigenvalue weighted by Crippen LogP contribution is 2.29. The van der Waals surface area contributed by atoms with Crippen LogP contribution in [-0.2, 0) is 11.3 Å². The molecule has 8 nitrogen and oxygen atoms in total. The van der Waals surface area contributed by atoms with E-state index in [9.17, 15) is 14.0 Å². The molecule has 0 spiro atoms. The Labute approximate surface area is 238 Å². The van der Waals surface area contributed by atoms with Crippen LogP contribution in [0.4, 0.5) is 4.39 Å². The van der Waals surface area contributed by atoms with E-state index < -0.39 is 0 Å². The van der Waals surface area contributed by atoms with Gasteiger partial charge in [-0.1, -0.05) is 0 Å². The number of aryl methyl sites for hydroxylation is 1. The van der Waals surface area contributed by atoms with E-state index in [0.29, 0.717) is 67.2 Å². The molecule has 2 amide bonds. The highest BCUT2D eigenvalue weighted by atomic mass is 19.1. The molecule has 1 aliphatic carbocycles. The van der Waals surface area contributed by atoms with E-state index in [-0.39, 0.29) is 17.6 Å². The number of carbonyl (C=O) groups excluding carboxylic acids is 2. The molecule has 4 aromatic rings. The number of nitrogens with zero attached hydrogens (tertiary/aromatic N) is 3. The molecule has 41 heavy (non-hydrogen) atoms. The summed E-state index contributed by atoms with van der Waals surface area (Å²) in [4.78, 5) is 27.5. The van der Waals surface area contributed by atoms with Crippen molar-refractivity contribution in [2.24, 2.45) is 11.8 Å². The van der Waals surface area contributed by atoms with Crippen LogP contribution in [0.3, 0.4) is 0 Å². The molecule has 0 atom stereocenters. The number of carbonyl (C=O) groups is 2. The maximum absolute atomic E-state index is 13.1. The third kappa shape index (κ3) is 6.41. The first kappa shape index (κ1) is 27.0. The summed E-state index contributed by atoms with van der Waals surface area (Å²) >= 11 is 0. The number of hydrogen-bond donors (Lipinski definition) is 1. The van der Waals surface area contributed by atoms with Crippen LogP contribution in [0.2, 0.25) is 0 Å². The van der Waals surface area contributed by atoms with E-state index in [2.05, 4.69) is 5.32 Å². The van der Waals surface area contributed by atoms with Crippen LogP contribution >= 0.6 is 0 Å². The summed E-state index contributed by atoms with van der Waals surface area (Å²) in [6.45, 7) is 5.76. The van der Waals surface area contributed by atoms with Crippen LogP contribution in [0.1, 0.15) is 39.1 Å². The van der Waals surface area contributed by atoms with Crippen molar-refractivity contribution in [2.75, 3.05) is 32.8 Å². The fourth-order valence-electron chi connectivity index (χ4n) is 5.09. The Morgan fingerprint density at radius 3 is 2.39 bits per heavy atom. The second kappa shape index (κ2) is 11.7. The van der Waals surface area contributed by atoms with Crippen molar-refractivity contribution in [3.8, 4) is 11.5 Å². The molecule has 0 bridgehead atoms. The van der Waals surface area contributed by atoms with Crippen molar-refractivity contribution in [3.63, 3.8) is 0 Å². The summed E-state index contributed by atoms with van der Waals surface area (Å²) in [5, 5.41) is 8.62. The van der Waals surface area contributed by atoms with Crippen LogP contribution in [0.15, 0.2) is 66.9 Å². The molecule has 6 rings (SSSR count). The first-order chi connectivity index (χ1) is 19.9. The van der Waals surface area contributed by atoms with E-state index in [1.165, 1.54) is 25.0 Å². The van der Waals surface area contributed by atoms with Crippen LogP contribution in [-0.4, -0.2) is 59.3 Å². The molecule has 0 radical (unpaired) electrons. The Kier molecular flexibility index (Phi) is 7.69. The lowest BCUT2D eigenvalue weighted by molar-refractivity contribution is 0.0462. The van der Waals surface area contributed by atoms with Gasteiger partial charge < -0.3 is 19.7 Å². The van der Waals surface area contributed by atoms with Gasteiger partial charge >= 0.3 is 0 Å². The minimum absolute atomic E-state index is 0.0235. The summed E-state index contributed by atoms with van der Waals surface area (Å²) in [6.07, 6.45) is 4.50. The smallest absolute Gasteiger partial charge is 0.253 e. The zero-order chi connectivity index (χ0) is 28.3. The Balaban J connectivity index is 0.994. The summed E-state index contributed by atoms with van der Waals surface area (Å²) in [5.74, 6) is 1.67. The number of benzene rings is 3. The molecular formula is C32H33FN4O4. The fraction of sp³-hybridized carbons (Fsp3) is 0.344. The van der Waals surface area contributed by atoms with Crippen molar-refractivity contribution in [2.45, 2.75) is 26.3 Å². The third-order valence-electron chi connectivity index (χ3n) is 7.67. The molecule has 9 heteroatoms. The predicted molar refractivity (Wildman–Crippen MR) is 153 cm³/mol. The van der Waals surface area contributed by atoms with Crippen LogP contribution < -0.4 is 10.1 Å². The number of rotatable bonds is 11. The standard InChI is InChI=1S/C32H33FN4O4/c1-21-28(31(38)34-14-15-40-20-22-2-3-22)12-13-30-29(21)19-37(35-30)18-23-16-36(17-23)32(39)24-4-8-26(9-5-24)41-27-10-6-25(33)7-11-27/h4-13,19,22-23H,2-3,14-18,20H2,1H3,(H,34,38).